The van der Waals surface area contributed by atoms with Gasteiger partial charge in [-0.1, -0.05) is 38.3 Å². The van der Waals surface area contributed by atoms with Crippen molar-refractivity contribution in [2.45, 2.75) is 45.6 Å². The lowest BCUT2D eigenvalue weighted by molar-refractivity contribution is 0.0922. The summed E-state index contributed by atoms with van der Waals surface area (Å²) in [5.74, 6) is -0.191. The Hall–Kier alpha value is -2.42. The number of nitriles is 1. The van der Waals surface area contributed by atoms with E-state index in [4.69, 9.17) is 0 Å². The Morgan fingerprint density at radius 1 is 1.06 bits per heavy atom. The summed E-state index contributed by atoms with van der Waals surface area (Å²) in [5, 5.41) is 9.29. The highest BCUT2D eigenvalue weighted by Gasteiger charge is 2.25. The predicted octanol–water partition coefficient (Wildman–Crippen LogP) is 5.38. The summed E-state index contributed by atoms with van der Waals surface area (Å²) < 4.78 is 13.2. The van der Waals surface area contributed by atoms with Crippen LogP contribution in [0.4, 0.5) is 10.1 Å². The number of likely N-dealkylation sites (N-methyl/N-ethyl adjacent to an activating group) is 1. The maximum Gasteiger partial charge on any atom is 0.123 e. The molecule has 2 aromatic carbocycles. The van der Waals surface area contributed by atoms with Gasteiger partial charge >= 0.3 is 0 Å². The molecular formula is C27H37FN4. The number of nitrogens with zero attached hydrogens (tertiary/aromatic N) is 4. The molecule has 1 aliphatic heterocycles. The SMILES string of the molecule is CCCCCC(c1ccc(C#N)c(C)c1)N1CCN(CCN(C)c2ccc(F)cc2)CC1. The van der Waals surface area contributed by atoms with Crippen LogP contribution < -0.4 is 4.90 Å². The average Bonchev–Trinajstić information content (AvgIpc) is 2.81. The summed E-state index contributed by atoms with van der Waals surface area (Å²) in [6.07, 6.45) is 4.91. The van der Waals surface area contributed by atoms with Gasteiger partial charge in [-0.3, -0.25) is 9.80 Å². The molecule has 3 rings (SSSR count). The zero-order valence-electron chi connectivity index (χ0n) is 19.9. The largest absolute Gasteiger partial charge is 0.373 e. The maximum atomic E-state index is 13.2. The Morgan fingerprint density at radius 3 is 2.41 bits per heavy atom. The second-order valence-corrected chi connectivity index (χ2v) is 8.97. The van der Waals surface area contributed by atoms with Crippen LogP contribution >= 0.6 is 0 Å². The highest BCUT2D eigenvalue weighted by Crippen LogP contribution is 2.29. The minimum Gasteiger partial charge on any atom is -0.373 e. The molecule has 0 N–H and O–H groups in total. The molecule has 1 saturated heterocycles. The molecule has 0 spiro atoms. The topological polar surface area (TPSA) is 33.5 Å². The van der Waals surface area contributed by atoms with Crippen LogP contribution in [0.25, 0.3) is 0 Å². The smallest absolute Gasteiger partial charge is 0.123 e. The van der Waals surface area contributed by atoms with E-state index in [1.165, 1.54) is 43.4 Å². The number of unbranched alkanes of at least 4 members (excludes halogenated alkanes) is 2. The molecule has 1 aliphatic rings. The Labute approximate surface area is 193 Å². The van der Waals surface area contributed by atoms with Gasteiger partial charge in [0.2, 0.25) is 0 Å². The van der Waals surface area contributed by atoms with E-state index in [9.17, 15) is 9.65 Å². The number of halogens is 1. The lowest BCUT2D eigenvalue weighted by atomic mass is 9.95. The van der Waals surface area contributed by atoms with Crippen molar-refractivity contribution in [1.82, 2.24) is 9.80 Å². The number of aryl methyl sites for hydroxylation is 1. The fourth-order valence-electron chi connectivity index (χ4n) is 4.58. The summed E-state index contributed by atoms with van der Waals surface area (Å²) in [5.41, 5.74) is 4.25. The zero-order valence-corrected chi connectivity index (χ0v) is 19.9. The summed E-state index contributed by atoms with van der Waals surface area (Å²) in [6, 6.07) is 15.8. The van der Waals surface area contributed by atoms with Crippen LogP contribution in [0.15, 0.2) is 42.5 Å². The van der Waals surface area contributed by atoms with Crippen molar-refractivity contribution in [3.63, 3.8) is 0 Å². The molecule has 32 heavy (non-hydrogen) atoms. The monoisotopic (exact) mass is 436 g/mol. The van der Waals surface area contributed by atoms with E-state index in [0.29, 0.717) is 6.04 Å². The van der Waals surface area contributed by atoms with Crippen molar-refractivity contribution in [1.29, 1.82) is 5.26 Å². The van der Waals surface area contributed by atoms with E-state index >= 15 is 0 Å². The van der Waals surface area contributed by atoms with E-state index in [0.717, 1.165) is 56.1 Å². The van der Waals surface area contributed by atoms with E-state index in [2.05, 4.69) is 46.9 Å². The van der Waals surface area contributed by atoms with Crippen molar-refractivity contribution in [2.24, 2.45) is 0 Å². The van der Waals surface area contributed by atoms with Crippen molar-refractivity contribution in [2.75, 3.05) is 51.2 Å². The Morgan fingerprint density at radius 2 is 1.78 bits per heavy atom. The lowest BCUT2D eigenvalue weighted by Crippen LogP contribution is -2.49. The summed E-state index contributed by atoms with van der Waals surface area (Å²) in [7, 11) is 2.07. The number of benzene rings is 2. The van der Waals surface area contributed by atoms with Gasteiger partial charge in [0.25, 0.3) is 0 Å². The highest BCUT2D eigenvalue weighted by atomic mass is 19.1. The van der Waals surface area contributed by atoms with Crippen LogP contribution in [0.3, 0.4) is 0 Å². The zero-order chi connectivity index (χ0) is 22.9. The fraction of sp³-hybridized carbons (Fsp3) is 0.519. The van der Waals surface area contributed by atoms with Crippen LogP contribution in [0.2, 0.25) is 0 Å². The molecule has 2 aromatic rings. The minimum atomic E-state index is -0.191. The number of hydrogen-bond donors (Lipinski definition) is 0. The number of anilines is 1. The molecule has 172 valence electrons. The standard InChI is InChI=1S/C27H37FN4/c1-4-5-6-7-27(23-8-9-24(21-29)22(2)20-23)32-18-16-31(17-19-32)15-14-30(3)26-12-10-25(28)11-13-26/h8-13,20,27H,4-7,14-19H2,1-3H3. The quantitative estimate of drug-likeness (QED) is 0.468. The summed E-state index contributed by atoms with van der Waals surface area (Å²) in [4.78, 5) is 7.36. The van der Waals surface area contributed by atoms with Gasteiger partial charge in [0.05, 0.1) is 11.6 Å². The molecule has 0 aliphatic carbocycles. The van der Waals surface area contributed by atoms with Gasteiger partial charge in [-0.05, 0) is 54.8 Å². The highest BCUT2D eigenvalue weighted by molar-refractivity contribution is 5.45. The van der Waals surface area contributed by atoms with E-state index in [1.54, 1.807) is 0 Å². The summed E-state index contributed by atoms with van der Waals surface area (Å²) >= 11 is 0. The van der Waals surface area contributed by atoms with Crippen LogP contribution in [0, 0.1) is 24.1 Å². The molecule has 1 unspecified atom stereocenters. The third-order valence-electron chi connectivity index (χ3n) is 6.70. The normalized spacial score (nSPS) is 16.0. The molecule has 0 saturated carbocycles. The Balaban J connectivity index is 1.56. The molecule has 0 aromatic heterocycles. The summed E-state index contributed by atoms with van der Waals surface area (Å²) in [6.45, 7) is 10.5. The Kier molecular flexibility index (Phi) is 9.08. The van der Waals surface area contributed by atoms with Gasteiger partial charge in [0.15, 0.2) is 0 Å². The third kappa shape index (κ3) is 6.54. The van der Waals surface area contributed by atoms with Gasteiger partial charge in [-0.15, -0.1) is 0 Å². The second-order valence-electron chi connectivity index (χ2n) is 8.97. The van der Waals surface area contributed by atoms with Crippen molar-refractivity contribution in [3.05, 3.63) is 65.0 Å². The van der Waals surface area contributed by atoms with Gasteiger partial charge < -0.3 is 4.90 Å². The van der Waals surface area contributed by atoms with Crippen molar-refractivity contribution >= 4 is 5.69 Å². The molecule has 0 bridgehead atoms. The first kappa shape index (κ1) is 24.2. The number of piperazine rings is 1. The van der Waals surface area contributed by atoms with Crippen molar-refractivity contribution < 1.29 is 4.39 Å². The number of rotatable bonds is 10. The molecule has 0 amide bonds. The second kappa shape index (κ2) is 12.0. The first-order chi connectivity index (χ1) is 15.5. The predicted molar refractivity (Wildman–Crippen MR) is 130 cm³/mol. The lowest BCUT2D eigenvalue weighted by Gasteiger charge is -2.40. The number of hydrogen-bond acceptors (Lipinski definition) is 4. The molecule has 0 radical (unpaired) electrons. The Bertz CT molecular complexity index is 882. The van der Waals surface area contributed by atoms with E-state index in [1.807, 2.05) is 25.1 Å². The van der Waals surface area contributed by atoms with Crippen LogP contribution in [-0.4, -0.2) is 56.1 Å². The first-order valence-corrected chi connectivity index (χ1v) is 12.0. The van der Waals surface area contributed by atoms with Crippen LogP contribution in [0.5, 0.6) is 0 Å². The van der Waals surface area contributed by atoms with Gasteiger partial charge in [-0.25, -0.2) is 4.39 Å². The van der Waals surface area contributed by atoms with Crippen molar-refractivity contribution in [3.8, 4) is 6.07 Å². The molecule has 1 fully saturated rings. The molecule has 1 atom stereocenters. The van der Waals surface area contributed by atoms with Gasteiger partial charge in [0.1, 0.15) is 5.82 Å². The first-order valence-electron chi connectivity index (χ1n) is 12.0. The molecular weight excluding hydrogens is 399 g/mol. The minimum absolute atomic E-state index is 0.191. The third-order valence-corrected chi connectivity index (χ3v) is 6.70. The van der Waals surface area contributed by atoms with Gasteiger partial charge in [0, 0.05) is 58.0 Å². The van der Waals surface area contributed by atoms with Crippen LogP contribution in [0.1, 0.15) is 55.3 Å². The molecule has 4 nitrogen and oxygen atoms in total. The van der Waals surface area contributed by atoms with Gasteiger partial charge in [-0.2, -0.15) is 5.26 Å². The fourth-order valence-corrected chi connectivity index (χ4v) is 4.58. The average molecular weight is 437 g/mol. The van der Waals surface area contributed by atoms with E-state index < -0.39 is 0 Å². The van der Waals surface area contributed by atoms with Crippen LogP contribution in [-0.2, 0) is 0 Å². The van der Waals surface area contributed by atoms with E-state index in [-0.39, 0.29) is 5.82 Å². The maximum absolute atomic E-state index is 13.2. The molecule has 1 heterocycles. The molecule has 5 heteroatoms.